The zero-order valence-corrected chi connectivity index (χ0v) is 11.8. The lowest BCUT2D eigenvalue weighted by atomic mass is 10.2. The first-order valence-electron chi connectivity index (χ1n) is 6.18. The Morgan fingerprint density at radius 3 is 2.24 bits per heavy atom. The molecule has 0 bridgehead atoms. The Morgan fingerprint density at radius 2 is 1.67 bits per heavy atom. The fourth-order valence-electron chi connectivity index (χ4n) is 1.72. The summed E-state index contributed by atoms with van der Waals surface area (Å²) in [5.74, 6) is 1.02. The quantitative estimate of drug-likeness (QED) is 0.446. The van der Waals surface area contributed by atoms with E-state index in [1.165, 1.54) is 14.2 Å². The molecule has 0 spiro atoms. The maximum Gasteiger partial charge on any atom is 0.161 e. The summed E-state index contributed by atoms with van der Waals surface area (Å²) < 4.78 is 10.4. The Kier molecular flexibility index (Phi) is 4.70. The summed E-state index contributed by atoms with van der Waals surface area (Å²) in [6.07, 6.45) is 0. The summed E-state index contributed by atoms with van der Waals surface area (Å²) in [5.41, 5.74) is 9.16. The molecule has 2 aromatic rings. The van der Waals surface area contributed by atoms with Crippen molar-refractivity contribution in [2.45, 2.75) is 0 Å². The number of nitrogens with two attached hydrogens (primary N) is 2. The highest BCUT2D eigenvalue weighted by Gasteiger charge is 2.08. The molecule has 2 rings (SSSR count). The first-order chi connectivity index (χ1) is 10.2. The number of benzene rings is 2. The van der Waals surface area contributed by atoms with Gasteiger partial charge in [-0.05, 0) is 12.1 Å². The molecule has 2 aromatic carbocycles. The number of quaternary nitrogens is 1. The summed E-state index contributed by atoms with van der Waals surface area (Å²) in [4.78, 5) is 0. The molecule has 5 N–H and O–H groups in total. The predicted molar refractivity (Wildman–Crippen MR) is 77.9 cm³/mol. The minimum atomic E-state index is 0.469. The van der Waals surface area contributed by atoms with Gasteiger partial charge in [0.25, 0.3) is 0 Å². The first-order valence-corrected chi connectivity index (χ1v) is 6.18. The molecule has 0 unspecified atom stereocenters. The maximum absolute atomic E-state index is 8.87. The van der Waals surface area contributed by atoms with Crippen LogP contribution in [0.3, 0.4) is 0 Å². The average molecular weight is 289 g/mol. The van der Waals surface area contributed by atoms with Crippen LogP contribution < -0.4 is 20.7 Å². The number of azo groups is 1. The van der Waals surface area contributed by atoms with E-state index in [0.29, 0.717) is 34.2 Å². The number of nitrogen functional groups attached to an aromatic ring is 1. The molecule has 7 nitrogen and oxygen atoms in total. The van der Waals surface area contributed by atoms with Gasteiger partial charge in [-0.3, -0.25) is 0 Å². The summed E-state index contributed by atoms with van der Waals surface area (Å²) in [6.45, 7) is 0. The SMILES string of the molecule is COc1cc(N=Nc2ccc([NH2+]O)cc2)c(OC)cc1N. The Balaban J connectivity index is 2.30. The van der Waals surface area contributed by atoms with Gasteiger partial charge in [0.05, 0.1) is 25.6 Å². The Bertz CT molecular complexity index is 641. The van der Waals surface area contributed by atoms with Gasteiger partial charge in [-0.1, -0.05) is 0 Å². The van der Waals surface area contributed by atoms with E-state index >= 15 is 0 Å². The molecule has 0 aliphatic rings. The summed E-state index contributed by atoms with van der Waals surface area (Å²) in [6, 6.07) is 10.2. The van der Waals surface area contributed by atoms with Crippen LogP contribution in [0.5, 0.6) is 11.5 Å². The second-order valence-corrected chi connectivity index (χ2v) is 4.19. The maximum atomic E-state index is 8.87. The van der Waals surface area contributed by atoms with E-state index in [-0.39, 0.29) is 0 Å². The van der Waals surface area contributed by atoms with Crippen molar-refractivity contribution in [3.63, 3.8) is 0 Å². The fourth-order valence-corrected chi connectivity index (χ4v) is 1.72. The van der Waals surface area contributed by atoms with Gasteiger partial charge in [0, 0.05) is 24.3 Å². The molecule has 110 valence electrons. The third-order valence-corrected chi connectivity index (χ3v) is 2.85. The van der Waals surface area contributed by atoms with Crippen LogP contribution in [0, 0.1) is 0 Å². The third-order valence-electron chi connectivity index (χ3n) is 2.85. The minimum Gasteiger partial charge on any atom is -0.495 e. The van der Waals surface area contributed by atoms with Crippen LogP contribution in [0.1, 0.15) is 0 Å². The van der Waals surface area contributed by atoms with Crippen molar-refractivity contribution < 1.29 is 20.2 Å². The molecule has 0 aliphatic heterocycles. The van der Waals surface area contributed by atoms with E-state index in [0.717, 1.165) is 5.48 Å². The minimum absolute atomic E-state index is 0.469. The molecule has 0 heterocycles. The highest BCUT2D eigenvalue weighted by atomic mass is 16.5. The third kappa shape index (κ3) is 3.47. The lowest BCUT2D eigenvalue weighted by Gasteiger charge is -2.09. The van der Waals surface area contributed by atoms with Gasteiger partial charge in [0.1, 0.15) is 17.2 Å². The normalized spacial score (nSPS) is 10.8. The molecule has 0 radical (unpaired) electrons. The summed E-state index contributed by atoms with van der Waals surface area (Å²) >= 11 is 0. The van der Waals surface area contributed by atoms with Gasteiger partial charge in [0.2, 0.25) is 0 Å². The molecule has 0 aromatic heterocycles. The topological polar surface area (TPSA) is 106 Å². The standard InChI is InChI=1S/C14H16N4O3/c1-20-13-8-12(14(21-2)7-11(13)15)17-16-9-3-5-10(18-19)6-4-9/h3-8,18-19H,15H2,1-2H3/p+1. The van der Waals surface area contributed by atoms with E-state index in [2.05, 4.69) is 10.2 Å². The van der Waals surface area contributed by atoms with Crippen LogP contribution in [-0.2, 0) is 0 Å². The molecular weight excluding hydrogens is 272 g/mol. The van der Waals surface area contributed by atoms with Gasteiger partial charge in [-0.25, -0.2) is 5.21 Å². The van der Waals surface area contributed by atoms with Gasteiger partial charge in [-0.15, -0.1) is 5.11 Å². The highest BCUT2D eigenvalue weighted by Crippen LogP contribution is 2.37. The van der Waals surface area contributed by atoms with Gasteiger partial charge in [-0.2, -0.15) is 10.6 Å². The van der Waals surface area contributed by atoms with E-state index in [1.807, 2.05) is 0 Å². The van der Waals surface area contributed by atoms with Crippen molar-refractivity contribution in [1.82, 2.24) is 0 Å². The van der Waals surface area contributed by atoms with E-state index < -0.39 is 0 Å². The second kappa shape index (κ2) is 6.69. The van der Waals surface area contributed by atoms with Gasteiger partial charge >= 0.3 is 0 Å². The van der Waals surface area contributed by atoms with Crippen molar-refractivity contribution in [3.8, 4) is 11.5 Å². The number of ether oxygens (including phenoxy) is 2. The van der Waals surface area contributed by atoms with Crippen LogP contribution in [0.2, 0.25) is 0 Å². The molecule has 7 heteroatoms. The Labute approximate surface area is 122 Å². The van der Waals surface area contributed by atoms with Crippen molar-refractivity contribution >= 4 is 22.7 Å². The predicted octanol–water partition coefficient (Wildman–Crippen LogP) is 2.29. The van der Waals surface area contributed by atoms with Crippen molar-refractivity contribution in [2.75, 3.05) is 20.0 Å². The molecule has 0 amide bonds. The monoisotopic (exact) mass is 289 g/mol. The van der Waals surface area contributed by atoms with Crippen LogP contribution in [0.25, 0.3) is 0 Å². The molecule has 0 aliphatic carbocycles. The van der Waals surface area contributed by atoms with Gasteiger partial charge < -0.3 is 15.2 Å². The number of rotatable bonds is 5. The largest absolute Gasteiger partial charge is 0.495 e. The second-order valence-electron chi connectivity index (χ2n) is 4.19. The molecular formula is C14H17N4O3+. The summed E-state index contributed by atoms with van der Waals surface area (Å²) in [7, 11) is 3.06. The molecule has 0 atom stereocenters. The zero-order chi connectivity index (χ0) is 15.2. The molecule has 0 saturated carbocycles. The van der Waals surface area contributed by atoms with E-state index in [4.69, 9.17) is 20.4 Å². The number of methoxy groups -OCH3 is 2. The van der Waals surface area contributed by atoms with Gasteiger partial charge in [0.15, 0.2) is 5.69 Å². The Hall–Kier alpha value is -2.64. The lowest BCUT2D eigenvalue weighted by Crippen LogP contribution is -2.73. The first kappa shape index (κ1) is 14.8. The van der Waals surface area contributed by atoms with E-state index in [1.54, 1.807) is 36.4 Å². The van der Waals surface area contributed by atoms with E-state index in [9.17, 15) is 0 Å². The Morgan fingerprint density at radius 1 is 1.00 bits per heavy atom. The molecule has 0 saturated heterocycles. The van der Waals surface area contributed by atoms with Crippen LogP contribution in [-0.4, -0.2) is 19.4 Å². The lowest BCUT2D eigenvalue weighted by molar-refractivity contribution is -0.825. The zero-order valence-electron chi connectivity index (χ0n) is 11.8. The number of nitrogens with zero attached hydrogens (tertiary/aromatic N) is 2. The molecule has 21 heavy (non-hydrogen) atoms. The highest BCUT2D eigenvalue weighted by molar-refractivity contribution is 5.67. The number of hydrogen-bond donors (Lipinski definition) is 3. The van der Waals surface area contributed by atoms with Crippen LogP contribution >= 0.6 is 0 Å². The van der Waals surface area contributed by atoms with Crippen molar-refractivity contribution in [3.05, 3.63) is 36.4 Å². The van der Waals surface area contributed by atoms with Crippen molar-refractivity contribution in [2.24, 2.45) is 10.2 Å². The number of hydrogen-bond acceptors (Lipinski definition) is 6. The average Bonchev–Trinajstić information content (AvgIpc) is 2.53. The number of anilines is 1. The smallest absolute Gasteiger partial charge is 0.161 e. The van der Waals surface area contributed by atoms with Crippen LogP contribution in [0.15, 0.2) is 46.6 Å². The molecule has 0 fully saturated rings. The van der Waals surface area contributed by atoms with Crippen molar-refractivity contribution in [1.29, 1.82) is 0 Å². The fraction of sp³-hybridized carbons (Fsp3) is 0.143. The summed E-state index contributed by atoms with van der Waals surface area (Å²) in [5, 5.41) is 17.1. The van der Waals surface area contributed by atoms with Crippen LogP contribution in [0.4, 0.5) is 22.7 Å².